The SMILES string of the molecule is [CH2][C@@H]1COc2c(ccc3oc(-c4cc(C)cc5nc(OC)cnc45)cc23)O1. The van der Waals surface area contributed by atoms with E-state index in [4.69, 9.17) is 18.6 Å². The van der Waals surface area contributed by atoms with E-state index in [0.717, 1.165) is 33.1 Å². The summed E-state index contributed by atoms with van der Waals surface area (Å²) in [6, 6.07) is 9.70. The lowest BCUT2D eigenvalue weighted by Crippen LogP contribution is -2.25. The maximum Gasteiger partial charge on any atom is 0.232 e. The number of benzene rings is 2. The van der Waals surface area contributed by atoms with Crippen LogP contribution in [0.2, 0.25) is 0 Å². The van der Waals surface area contributed by atoms with Gasteiger partial charge in [0.15, 0.2) is 11.5 Å². The van der Waals surface area contributed by atoms with Gasteiger partial charge in [-0.15, -0.1) is 0 Å². The Labute approximate surface area is 155 Å². The molecule has 0 saturated carbocycles. The first-order valence-electron chi connectivity index (χ1n) is 8.63. The van der Waals surface area contributed by atoms with Crippen molar-refractivity contribution in [1.82, 2.24) is 9.97 Å². The molecule has 0 amide bonds. The molecule has 0 saturated heterocycles. The molecule has 0 fully saturated rings. The summed E-state index contributed by atoms with van der Waals surface area (Å²) in [6.07, 6.45) is 1.39. The number of furan rings is 1. The van der Waals surface area contributed by atoms with Crippen molar-refractivity contribution in [2.45, 2.75) is 13.0 Å². The van der Waals surface area contributed by atoms with Crippen LogP contribution in [0.4, 0.5) is 0 Å². The predicted octanol–water partition coefficient (Wildman–Crippen LogP) is 4.33. The van der Waals surface area contributed by atoms with Gasteiger partial charge in [0.05, 0.1) is 29.7 Å². The molecule has 27 heavy (non-hydrogen) atoms. The van der Waals surface area contributed by atoms with Gasteiger partial charge in [0, 0.05) is 5.56 Å². The molecular weight excluding hydrogens is 344 g/mol. The van der Waals surface area contributed by atoms with Crippen LogP contribution in [-0.4, -0.2) is 29.8 Å². The van der Waals surface area contributed by atoms with Crippen LogP contribution in [0.25, 0.3) is 33.3 Å². The molecule has 5 rings (SSSR count). The summed E-state index contributed by atoms with van der Waals surface area (Å²) in [5.74, 6) is 2.55. The summed E-state index contributed by atoms with van der Waals surface area (Å²) < 4.78 is 22.9. The zero-order valence-corrected chi connectivity index (χ0v) is 15.0. The maximum absolute atomic E-state index is 6.12. The zero-order chi connectivity index (χ0) is 18.5. The molecule has 1 radical (unpaired) electrons. The van der Waals surface area contributed by atoms with Crippen LogP contribution in [0.3, 0.4) is 0 Å². The van der Waals surface area contributed by atoms with Crippen LogP contribution in [0, 0.1) is 13.8 Å². The van der Waals surface area contributed by atoms with Crippen molar-refractivity contribution >= 4 is 22.0 Å². The Kier molecular flexibility index (Phi) is 3.47. The zero-order valence-electron chi connectivity index (χ0n) is 15.0. The molecule has 0 bridgehead atoms. The van der Waals surface area contributed by atoms with Crippen molar-refractivity contribution in [3.8, 4) is 28.7 Å². The first kappa shape index (κ1) is 15.9. The third-order valence-electron chi connectivity index (χ3n) is 4.57. The number of fused-ring (bicyclic) bond motifs is 4. The van der Waals surface area contributed by atoms with Crippen molar-refractivity contribution in [1.29, 1.82) is 0 Å². The Morgan fingerprint density at radius 3 is 2.96 bits per heavy atom. The van der Waals surface area contributed by atoms with Gasteiger partial charge in [0.2, 0.25) is 5.88 Å². The summed E-state index contributed by atoms with van der Waals surface area (Å²) in [7, 11) is 1.58. The molecule has 1 atom stereocenters. The second kappa shape index (κ2) is 5.87. The van der Waals surface area contributed by atoms with Crippen LogP contribution in [-0.2, 0) is 0 Å². The molecule has 4 aromatic rings. The second-order valence-corrected chi connectivity index (χ2v) is 6.56. The molecular formula is C21H17N2O4. The number of rotatable bonds is 2. The Hall–Kier alpha value is -3.28. The van der Waals surface area contributed by atoms with Gasteiger partial charge in [0.1, 0.15) is 24.1 Å². The van der Waals surface area contributed by atoms with Crippen LogP contribution in [0.1, 0.15) is 5.56 Å². The van der Waals surface area contributed by atoms with Crippen molar-refractivity contribution in [2.24, 2.45) is 0 Å². The summed E-state index contributed by atoms with van der Waals surface area (Å²) >= 11 is 0. The average Bonchev–Trinajstić information content (AvgIpc) is 3.11. The average molecular weight is 361 g/mol. The molecule has 0 N–H and O–H groups in total. The molecule has 0 aliphatic carbocycles. The molecule has 2 aromatic carbocycles. The van der Waals surface area contributed by atoms with Crippen molar-refractivity contribution in [2.75, 3.05) is 13.7 Å². The summed E-state index contributed by atoms with van der Waals surface area (Å²) in [4.78, 5) is 9.02. The third kappa shape index (κ3) is 2.56. The fourth-order valence-corrected chi connectivity index (χ4v) is 3.36. The van der Waals surface area contributed by atoms with Crippen molar-refractivity contribution in [3.63, 3.8) is 0 Å². The van der Waals surface area contributed by atoms with Crippen LogP contribution < -0.4 is 14.2 Å². The topological polar surface area (TPSA) is 66.6 Å². The molecule has 0 spiro atoms. The Bertz CT molecular complexity index is 1180. The number of nitrogens with zero attached hydrogens (tertiary/aromatic N) is 2. The van der Waals surface area contributed by atoms with Gasteiger partial charge < -0.3 is 18.6 Å². The quantitative estimate of drug-likeness (QED) is 0.529. The van der Waals surface area contributed by atoms with Gasteiger partial charge in [-0.2, -0.15) is 0 Å². The normalized spacial score (nSPS) is 16.0. The number of hydrogen-bond donors (Lipinski definition) is 0. The van der Waals surface area contributed by atoms with E-state index in [1.165, 1.54) is 0 Å². The van der Waals surface area contributed by atoms with Crippen LogP contribution in [0.15, 0.2) is 40.9 Å². The minimum absolute atomic E-state index is 0.215. The van der Waals surface area contributed by atoms with E-state index >= 15 is 0 Å². The van der Waals surface area contributed by atoms with Crippen LogP contribution in [0.5, 0.6) is 17.4 Å². The van der Waals surface area contributed by atoms with Gasteiger partial charge in [-0.1, -0.05) is 0 Å². The highest BCUT2D eigenvalue weighted by atomic mass is 16.6. The highest BCUT2D eigenvalue weighted by Gasteiger charge is 2.23. The fourth-order valence-electron chi connectivity index (χ4n) is 3.36. The van der Waals surface area contributed by atoms with Crippen LogP contribution >= 0.6 is 0 Å². The number of aromatic nitrogens is 2. The van der Waals surface area contributed by atoms with E-state index < -0.39 is 0 Å². The van der Waals surface area contributed by atoms with Gasteiger partial charge in [-0.25, -0.2) is 9.97 Å². The molecule has 3 heterocycles. The minimum atomic E-state index is -0.215. The molecule has 6 heteroatoms. The highest BCUT2D eigenvalue weighted by molar-refractivity contribution is 5.96. The first-order chi connectivity index (χ1) is 13.1. The predicted molar refractivity (Wildman–Crippen MR) is 101 cm³/mol. The number of ether oxygens (including phenoxy) is 3. The minimum Gasteiger partial charge on any atom is -0.485 e. The smallest absolute Gasteiger partial charge is 0.232 e. The molecule has 135 valence electrons. The summed E-state index contributed by atoms with van der Waals surface area (Å²) in [5.41, 5.74) is 4.17. The lowest BCUT2D eigenvalue weighted by molar-refractivity contribution is 0.123. The molecule has 2 aromatic heterocycles. The van der Waals surface area contributed by atoms with E-state index in [1.807, 2.05) is 37.3 Å². The maximum atomic E-state index is 6.12. The lowest BCUT2D eigenvalue weighted by atomic mass is 10.1. The van der Waals surface area contributed by atoms with E-state index in [0.29, 0.717) is 29.7 Å². The monoisotopic (exact) mass is 361 g/mol. The third-order valence-corrected chi connectivity index (χ3v) is 4.57. The van der Waals surface area contributed by atoms with Gasteiger partial charge >= 0.3 is 0 Å². The van der Waals surface area contributed by atoms with Gasteiger partial charge in [-0.3, -0.25) is 0 Å². The largest absolute Gasteiger partial charge is 0.485 e. The second-order valence-electron chi connectivity index (χ2n) is 6.56. The van der Waals surface area contributed by atoms with E-state index in [1.54, 1.807) is 13.3 Å². The van der Waals surface area contributed by atoms with Crippen molar-refractivity contribution in [3.05, 3.63) is 49.0 Å². The summed E-state index contributed by atoms with van der Waals surface area (Å²) in [5, 5.41) is 0.866. The Morgan fingerprint density at radius 2 is 2.11 bits per heavy atom. The fraction of sp³-hybridized carbons (Fsp3) is 0.190. The van der Waals surface area contributed by atoms with Crippen molar-refractivity contribution < 1.29 is 18.6 Å². The lowest BCUT2D eigenvalue weighted by Gasteiger charge is -2.23. The van der Waals surface area contributed by atoms with Gasteiger partial charge in [-0.05, 0) is 49.7 Å². The molecule has 6 nitrogen and oxygen atoms in total. The standard InChI is InChI=1S/C21H17N2O4/c1-11-6-13(20-15(7-11)23-19(24-3)9-22-20)18-8-14-16(27-18)4-5-17-21(14)25-10-12(2)26-17/h4-9,12H,2,10H2,1,3H3/t12-/m1/s1. The molecule has 1 aliphatic heterocycles. The molecule has 0 unspecified atom stereocenters. The van der Waals surface area contributed by atoms with E-state index in [2.05, 4.69) is 16.9 Å². The Morgan fingerprint density at radius 1 is 1.22 bits per heavy atom. The van der Waals surface area contributed by atoms with E-state index in [-0.39, 0.29) is 6.10 Å². The molecule has 1 aliphatic rings. The Balaban J connectivity index is 1.72. The van der Waals surface area contributed by atoms with Gasteiger partial charge in [0.25, 0.3) is 0 Å². The first-order valence-corrected chi connectivity index (χ1v) is 8.63. The summed E-state index contributed by atoms with van der Waals surface area (Å²) in [6.45, 7) is 6.31. The number of methoxy groups -OCH3 is 1. The number of hydrogen-bond acceptors (Lipinski definition) is 6. The van der Waals surface area contributed by atoms with E-state index in [9.17, 15) is 0 Å². The highest BCUT2D eigenvalue weighted by Crippen LogP contribution is 2.42. The number of aryl methyl sites for hydroxylation is 1.